The topological polar surface area (TPSA) is 15.3 Å². The van der Waals surface area contributed by atoms with Gasteiger partial charge in [-0.3, -0.25) is 0 Å². The van der Waals surface area contributed by atoms with Crippen molar-refractivity contribution >= 4 is 17.3 Å². The van der Waals surface area contributed by atoms with E-state index in [1.807, 2.05) is 12.1 Å². The molecule has 1 aliphatic carbocycles. The molecule has 0 amide bonds. The molecule has 1 N–H and O–H groups in total. The van der Waals surface area contributed by atoms with Gasteiger partial charge in [-0.1, -0.05) is 17.7 Å². The second-order valence-electron chi connectivity index (χ2n) is 5.56. The highest BCUT2D eigenvalue weighted by molar-refractivity contribution is 6.30. The lowest BCUT2D eigenvalue weighted by molar-refractivity contribution is 0.695. The zero-order valence-corrected chi connectivity index (χ0v) is 12.1. The highest BCUT2D eigenvalue weighted by Crippen LogP contribution is 2.41. The maximum absolute atomic E-state index is 5.96. The molecule has 2 nitrogen and oxygen atoms in total. The van der Waals surface area contributed by atoms with Crippen molar-refractivity contribution in [3.8, 4) is 0 Å². The maximum Gasteiger partial charge on any atom is 0.0579 e. The molecule has 0 saturated heterocycles. The van der Waals surface area contributed by atoms with E-state index in [1.54, 1.807) is 0 Å². The lowest BCUT2D eigenvalue weighted by Gasteiger charge is -2.30. The summed E-state index contributed by atoms with van der Waals surface area (Å²) in [4.78, 5) is 2.39. The first-order valence-corrected chi connectivity index (χ1v) is 7.19. The third kappa shape index (κ3) is 2.79. The molecule has 0 radical (unpaired) electrons. The number of nitrogens with one attached hydrogen (secondary N) is 1. The highest BCUT2D eigenvalue weighted by atomic mass is 35.5. The molecule has 2 aliphatic rings. The van der Waals surface area contributed by atoms with Gasteiger partial charge in [0.2, 0.25) is 0 Å². The smallest absolute Gasteiger partial charge is 0.0579 e. The maximum atomic E-state index is 5.96. The van der Waals surface area contributed by atoms with Crippen molar-refractivity contribution < 1.29 is 0 Å². The Hall–Kier alpha value is -1.41. The Bertz CT molecular complexity index is 528. The van der Waals surface area contributed by atoms with Gasteiger partial charge in [0.05, 0.1) is 6.54 Å². The third-order valence-corrected chi connectivity index (χ3v) is 3.99. The second-order valence-corrected chi connectivity index (χ2v) is 6.00. The molecule has 1 heterocycles. The van der Waals surface area contributed by atoms with Crippen molar-refractivity contribution in [2.75, 3.05) is 11.4 Å². The molecule has 1 atom stereocenters. The number of dihydropyridines is 1. The molecule has 3 rings (SSSR count). The average Bonchev–Trinajstić information content (AvgIpc) is 3.15. The third-order valence-electron chi connectivity index (χ3n) is 3.74. The number of benzene rings is 1. The molecule has 1 aromatic carbocycles. The van der Waals surface area contributed by atoms with Gasteiger partial charge in [-0.25, -0.2) is 0 Å². The van der Waals surface area contributed by atoms with E-state index in [2.05, 4.69) is 48.5 Å². The lowest BCUT2D eigenvalue weighted by Crippen LogP contribution is -2.35. The summed E-state index contributed by atoms with van der Waals surface area (Å²) < 4.78 is 0. The van der Waals surface area contributed by atoms with Crippen LogP contribution < -0.4 is 10.2 Å². The Labute approximate surface area is 119 Å². The van der Waals surface area contributed by atoms with E-state index in [4.69, 9.17) is 11.6 Å². The van der Waals surface area contributed by atoms with Crippen LogP contribution in [0, 0.1) is 5.92 Å². The van der Waals surface area contributed by atoms with E-state index in [-0.39, 0.29) is 0 Å². The lowest BCUT2D eigenvalue weighted by atomic mass is 10.2. The van der Waals surface area contributed by atoms with Gasteiger partial charge >= 0.3 is 0 Å². The molecule has 19 heavy (non-hydrogen) atoms. The van der Waals surface area contributed by atoms with Crippen molar-refractivity contribution in [2.45, 2.75) is 26.3 Å². The molecular weight excluding hydrogens is 256 g/mol. The molecule has 1 fully saturated rings. The molecule has 100 valence electrons. The van der Waals surface area contributed by atoms with Gasteiger partial charge in [0.1, 0.15) is 0 Å². The van der Waals surface area contributed by atoms with Crippen LogP contribution in [0.3, 0.4) is 0 Å². The monoisotopic (exact) mass is 274 g/mol. The summed E-state index contributed by atoms with van der Waals surface area (Å²) >= 11 is 5.96. The van der Waals surface area contributed by atoms with Crippen LogP contribution in [0.25, 0.3) is 0 Å². The Morgan fingerprint density at radius 3 is 2.68 bits per heavy atom. The fraction of sp³-hybridized carbons (Fsp3) is 0.375. The van der Waals surface area contributed by atoms with E-state index in [0.29, 0.717) is 12.0 Å². The van der Waals surface area contributed by atoms with Crippen LogP contribution >= 0.6 is 11.6 Å². The standard InChI is InChI=1S/C16H19ClN2/c1-11(2)19(16-5-3-14(17)4-6-16)10-15-8-12-7-13(12)9-18-15/h3-6,8-9,11-12,18H,7,10H2,1-2H3. The number of fused-ring (bicyclic) bond motifs is 1. The summed E-state index contributed by atoms with van der Waals surface area (Å²) in [6, 6.07) is 8.53. The van der Waals surface area contributed by atoms with Crippen LogP contribution in [0.15, 0.2) is 47.8 Å². The molecule has 1 saturated carbocycles. The molecule has 0 spiro atoms. The van der Waals surface area contributed by atoms with Gasteiger partial charge < -0.3 is 10.2 Å². The van der Waals surface area contributed by atoms with Crippen molar-refractivity contribution in [3.05, 3.63) is 52.8 Å². The molecule has 0 bridgehead atoms. The number of anilines is 1. The number of allylic oxidation sites excluding steroid dienone is 2. The zero-order valence-electron chi connectivity index (χ0n) is 11.4. The minimum atomic E-state index is 0.452. The van der Waals surface area contributed by atoms with Gasteiger partial charge in [0, 0.05) is 34.6 Å². The van der Waals surface area contributed by atoms with E-state index < -0.39 is 0 Å². The normalized spacial score (nSPS) is 20.3. The van der Waals surface area contributed by atoms with E-state index in [9.17, 15) is 0 Å². The predicted molar refractivity (Wildman–Crippen MR) is 81.3 cm³/mol. The first-order valence-electron chi connectivity index (χ1n) is 6.82. The predicted octanol–water partition coefficient (Wildman–Crippen LogP) is 3.95. The Morgan fingerprint density at radius 1 is 1.32 bits per heavy atom. The van der Waals surface area contributed by atoms with Crippen LogP contribution in [-0.2, 0) is 0 Å². The highest BCUT2D eigenvalue weighted by Gasteiger charge is 2.30. The van der Waals surface area contributed by atoms with Gasteiger partial charge in [0.15, 0.2) is 0 Å². The molecule has 1 unspecified atom stereocenters. The molecule has 3 heteroatoms. The number of nitrogens with zero attached hydrogens (tertiary/aromatic N) is 1. The van der Waals surface area contributed by atoms with Crippen LogP contribution in [0.5, 0.6) is 0 Å². The first kappa shape index (κ1) is 12.6. The van der Waals surface area contributed by atoms with E-state index >= 15 is 0 Å². The van der Waals surface area contributed by atoms with E-state index in [1.165, 1.54) is 23.4 Å². The number of hydrogen-bond donors (Lipinski definition) is 1. The van der Waals surface area contributed by atoms with Crippen LogP contribution in [0.1, 0.15) is 20.3 Å². The quantitative estimate of drug-likeness (QED) is 0.894. The summed E-state index contributed by atoms with van der Waals surface area (Å²) in [7, 11) is 0. The van der Waals surface area contributed by atoms with Crippen LogP contribution in [0.2, 0.25) is 5.02 Å². The van der Waals surface area contributed by atoms with Crippen molar-refractivity contribution in [3.63, 3.8) is 0 Å². The summed E-state index contributed by atoms with van der Waals surface area (Å²) in [6.45, 7) is 5.35. The summed E-state index contributed by atoms with van der Waals surface area (Å²) in [5, 5.41) is 4.19. The number of rotatable bonds is 4. The Kier molecular flexibility index (Phi) is 3.28. The summed E-state index contributed by atoms with van der Waals surface area (Å²) in [6.07, 6.45) is 5.76. The zero-order chi connectivity index (χ0) is 13.4. The number of hydrogen-bond acceptors (Lipinski definition) is 2. The second kappa shape index (κ2) is 4.93. The van der Waals surface area contributed by atoms with Crippen molar-refractivity contribution in [2.24, 2.45) is 5.92 Å². The summed E-state index contributed by atoms with van der Waals surface area (Å²) in [5.41, 5.74) is 4.05. The van der Waals surface area contributed by atoms with Gasteiger partial charge in [-0.05, 0) is 50.1 Å². The van der Waals surface area contributed by atoms with E-state index in [0.717, 1.165) is 11.6 Å². The molecule has 0 aromatic heterocycles. The van der Waals surface area contributed by atoms with Crippen LogP contribution in [-0.4, -0.2) is 12.6 Å². The molecule has 1 aromatic rings. The van der Waals surface area contributed by atoms with Crippen molar-refractivity contribution in [1.29, 1.82) is 0 Å². The van der Waals surface area contributed by atoms with Crippen molar-refractivity contribution in [1.82, 2.24) is 5.32 Å². The first-order chi connectivity index (χ1) is 9.13. The largest absolute Gasteiger partial charge is 0.364 e. The fourth-order valence-electron chi connectivity index (χ4n) is 2.49. The Balaban J connectivity index is 1.76. The fourth-order valence-corrected chi connectivity index (χ4v) is 2.62. The molecular formula is C16H19ClN2. The van der Waals surface area contributed by atoms with Gasteiger partial charge in [-0.2, -0.15) is 0 Å². The molecule has 1 aliphatic heterocycles. The average molecular weight is 275 g/mol. The minimum Gasteiger partial charge on any atom is -0.364 e. The van der Waals surface area contributed by atoms with Gasteiger partial charge in [0.25, 0.3) is 0 Å². The summed E-state index contributed by atoms with van der Waals surface area (Å²) in [5.74, 6) is 0.704. The SMILES string of the molecule is CC(C)N(CC1=CC2CC2=CN1)c1ccc(Cl)cc1. The van der Waals surface area contributed by atoms with Crippen LogP contribution in [0.4, 0.5) is 5.69 Å². The minimum absolute atomic E-state index is 0.452. The van der Waals surface area contributed by atoms with Gasteiger partial charge in [-0.15, -0.1) is 0 Å². The number of halogens is 1. The Morgan fingerprint density at radius 2 is 2.05 bits per heavy atom.